The monoisotopic (exact) mass is 364 g/mol. The fourth-order valence-electron chi connectivity index (χ4n) is 4.40. The summed E-state index contributed by atoms with van der Waals surface area (Å²) in [6.45, 7) is 4.07. The van der Waals surface area contributed by atoms with Gasteiger partial charge in [0, 0.05) is 38.5 Å². The molecule has 0 bridgehead atoms. The van der Waals surface area contributed by atoms with E-state index >= 15 is 0 Å². The molecule has 2 aliphatic heterocycles. The molecule has 0 atom stereocenters. The van der Waals surface area contributed by atoms with Crippen molar-refractivity contribution in [3.8, 4) is 0 Å². The van der Waals surface area contributed by atoms with Gasteiger partial charge in [-0.1, -0.05) is 48.5 Å². The molecule has 0 unspecified atom stereocenters. The molecule has 1 fully saturated rings. The predicted molar refractivity (Wildman–Crippen MR) is 108 cm³/mol. The molecule has 1 amide bonds. The lowest BCUT2D eigenvalue weighted by Gasteiger charge is -2.36. The van der Waals surface area contributed by atoms with Crippen LogP contribution in [-0.4, -0.2) is 38.8 Å². The van der Waals surface area contributed by atoms with Gasteiger partial charge in [-0.3, -0.25) is 4.79 Å². The van der Waals surface area contributed by atoms with Crippen LogP contribution in [0, 0.1) is 0 Å². The first kappa shape index (κ1) is 18.1. The molecule has 0 spiro atoms. The molecule has 0 saturated carbocycles. The molecule has 1 N–H and O–H groups in total. The van der Waals surface area contributed by atoms with E-state index in [1.807, 2.05) is 18.2 Å². The largest absolute Gasteiger partial charge is 0.381 e. The van der Waals surface area contributed by atoms with Crippen LogP contribution in [0.4, 0.5) is 5.69 Å². The third-order valence-corrected chi connectivity index (χ3v) is 5.98. The van der Waals surface area contributed by atoms with Gasteiger partial charge in [0.2, 0.25) is 5.91 Å². The summed E-state index contributed by atoms with van der Waals surface area (Å²) < 4.78 is 5.54. The van der Waals surface area contributed by atoms with Crippen LogP contribution in [0.2, 0.25) is 0 Å². The number of hydrogen-bond acceptors (Lipinski definition) is 3. The van der Waals surface area contributed by atoms with Gasteiger partial charge in [-0.05, 0) is 42.9 Å². The number of nitrogens with zero attached hydrogens (tertiary/aromatic N) is 1. The lowest BCUT2D eigenvalue weighted by atomic mass is 9.73. The zero-order chi connectivity index (χ0) is 18.5. The molecule has 2 heterocycles. The van der Waals surface area contributed by atoms with Crippen LogP contribution in [0.25, 0.3) is 0 Å². The smallest absolute Gasteiger partial charge is 0.230 e. The van der Waals surface area contributed by atoms with E-state index in [4.69, 9.17) is 4.74 Å². The Bertz CT molecular complexity index is 769. The minimum Gasteiger partial charge on any atom is -0.381 e. The van der Waals surface area contributed by atoms with Gasteiger partial charge < -0.3 is 15.0 Å². The first-order valence-corrected chi connectivity index (χ1v) is 10.0. The van der Waals surface area contributed by atoms with Crippen molar-refractivity contribution in [2.75, 3.05) is 37.7 Å². The van der Waals surface area contributed by atoms with Crippen molar-refractivity contribution in [1.82, 2.24) is 5.32 Å². The van der Waals surface area contributed by atoms with E-state index in [9.17, 15) is 4.79 Å². The number of carbonyl (C=O) groups excluding carboxylic acids is 1. The summed E-state index contributed by atoms with van der Waals surface area (Å²) in [5, 5.41) is 3.22. The van der Waals surface area contributed by atoms with E-state index in [2.05, 4.69) is 46.6 Å². The molecule has 142 valence electrons. The first-order chi connectivity index (χ1) is 13.3. The van der Waals surface area contributed by atoms with E-state index in [-0.39, 0.29) is 5.91 Å². The Morgan fingerprint density at radius 1 is 1.04 bits per heavy atom. The van der Waals surface area contributed by atoms with E-state index in [1.165, 1.54) is 11.3 Å². The van der Waals surface area contributed by atoms with Gasteiger partial charge in [-0.25, -0.2) is 0 Å². The maximum absolute atomic E-state index is 13.1. The van der Waals surface area contributed by atoms with Crippen molar-refractivity contribution in [2.45, 2.75) is 31.1 Å². The zero-order valence-electron chi connectivity index (χ0n) is 15.8. The topological polar surface area (TPSA) is 41.6 Å². The summed E-state index contributed by atoms with van der Waals surface area (Å²) in [5.74, 6) is 0.152. The van der Waals surface area contributed by atoms with Crippen LogP contribution in [0.15, 0.2) is 54.6 Å². The van der Waals surface area contributed by atoms with Crippen LogP contribution in [-0.2, 0) is 21.4 Å². The van der Waals surface area contributed by atoms with E-state index in [0.717, 1.165) is 44.3 Å². The SMILES string of the molecule is O=C(NCCCN1CCc2ccccc21)C1(c2ccccc2)CCOCC1. The van der Waals surface area contributed by atoms with Crippen molar-refractivity contribution < 1.29 is 9.53 Å². The lowest BCUT2D eigenvalue weighted by Crippen LogP contribution is -2.48. The number of nitrogens with one attached hydrogen (secondary N) is 1. The second kappa shape index (κ2) is 8.13. The number of rotatable bonds is 6. The van der Waals surface area contributed by atoms with Gasteiger partial charge in [0.25, 0.3) is 0 Å². The molecule has 0 aliphatic carbocycles. The Balaban J connectivity index is 1.34. The van der Waals surface area contributed by atoms with Crippen molar-refractivity contribution >= 4 is 11.6 Å². The highest BCUT2D eigenvalue weighted by Crippen LogP contribution is 2.35. The van der Waals surface area contributed by atoms with Crippen LogP contribution >= 0.6 is 0 Å². The number of fused-ring (bicyclic) bond motifs is 1. The van der Waals surface area contributed by atoms with Gasteiger partial charge in [0.05, 0.1) is 5.41 Å². The second-order valence-electron chi connectivity index (χ2n) is 7.54. The van der Waals surface area contributed by atoms with Gasteiger partial charge in [-0.2, -0.15) is 0 Å². The van der Waals surface area contributed by atoms with Crippen LogP contribution in [0.5, 0.6) is 0 Å². The third kappa shape index (κ3) is 3.72. The van der Waals surface area contributed by atoms with Crippen LogP contribution in [0.1, 0.15) is 30.4 Å². The summed E-state index contributed by atoms with van der Waals surface area (Å²) in [6, 6.07) is 18.8. The fourth-order valence-corrected chi connectivity index (χ4v) is 4.40. The molecular weight excluding hydrogens is 336 g/mol. The summed E-state index contributed by atoms with van der Waals surface area (Å²) in [4.78, 5) is 15.6. The van der Waals surface area contributed by atoms with Crippen LogP contribution in [0.3, 0.4) is 0 Å². The standard InChI is InChI=1S/C23H28N2O2/c26-22(23(12-17-27-18-13-23)20-8-2-1-3-9-20)24-14-6-15-25-16-11-19-7-4-5-10-21(19)25/h1-5,7-10H,6,11-18H2,(H,24,26). The van der Waals surface area contributed by atoms with Gasteiger partial charge in [0.15, 0.2) is 0 Å². The van der Waals surface area contributed by atoms with E-state index in [1.54, 1.807) is 0 Å². The molecule has 4 nitrogen and oxygen atoms in total. The van der Waals surface area contributed by atoms with Crippen molar-refractivity contribution in [2.24, 2.45) is 0 Å². The first-order valence-electron chi connectivity index (χ1n) is 10.0. The molecule has 2 aromatic rings. The highest BCUT2D eigenvalue weighted by molar-refractivity contribution is 5.88. The number of carbonyl (C=O) groups is 1. The highest BCUT2D eigenvalue weighted by atomic mass is 16.5. The predicted octanol–water partition coefficient (Wildman–Crippen LogP) is 3.30. The second-order valence-corrected chi connectivity index (χ2v) is 7.54. The highest BCUT2D eigenvalue weighted by Gasteiger charge is 2.41. The van der Waals surface area contributed by atoms with Crippen molar-refractivity contribution in [3.05, 3.63) is 65.7 Å². The Labute approximate surface area is 161 Å². The lowest BCUT2D eigenvalue weighted by molar-refractivity contribution is -0.130. The minimum absolute atomic E-state index is 0.152. The molecule has 4 rings (SSSR count). The quantitative estimate of drug-likeness (QED) is 0.800. The Hall–Kier alpha value is -2.33. The van der Waals surface area contributed by atoms with E-state index < -0.39 is 5.41 Å². The van der Waals surface area contributed by atoms with Gasteiger partial charge in [0.1, 0.15) is 0 Å². The zero-order valence-corrected chi connectivity index (χ0v) is 15.8. The molecule has 0 aromatic heterocycles. The van der Waals surface area contributed by atoms with Crippen LogP contribution < -0.4 is 10.2 Å². The number of ether oxygens (including phenoxy) is 1. The maximum atomic E-state index is 13.1. The Kier molecular flexibility index (Phi) is 5.44. The summed E-state index contributed by atoms with van der Waals surface area (Å²) >= 11 is 0. The summed E-state index contributed by atoms with van der Waals surface area (Å²) in [7, 11) is 0. The third-order valence-electron chi connectivity index (χ3n) is 5.98. The average Bonchev–Trinajstić information content (AvgIpc) is 3.15. The van der Waals surface area contributed by atoms with Crippen molar-refractivity contribution in [1.29, 1.82) is 0 Å². The molecular formula is C23H28N2O2. The van der Waals surface area contributed by atoms with Gasteiger partial charge in [-0.15, -0.1) is 0 Å². The normalized spacial score (nSPS) is 18.1. The molecule has 0 radical (unpaired) electrons. The molecule has 2 aromatic carbocycles. The molecule has 27 heavy (non-hydrogen) atoms. The number of anilines is 1. The average molecular weight is 364 g/mol. The maximum Gasteiger partial charge on any atom is 0.230 e. The molecule has 1 saturated heterocycles. The number of hydrogen-bond donors (Lipinski definition) is 1. The number of amides is 1. The molecule has 2 aliphatic rings. The van der Waals surface area contributed by atoms with E-state index in [0.29, 0.717) is 19.8 Å². The van der Waals surface area contributed by atoms with Crippen molar-refractivity contribution in [3.63, 3.8) is 0 Å². The number of para-hydroxylation sites is 1. The Morgan fingerprint density at radius 2 is 1.78 bits per heavy atom. The Morgan fingerprint density at radius 3 is 2.59 bits per heavy atom. The summed E-state index contributed by atoms with van der Waals surface area (Å²) in [5.41, 5.74) is 3.46. The summed E-state index contributed by atoms with van der Waals surface area (Å²) in [6.07, 6.45) is 3.59. The minimum atomic E-state index is -0.445. The number of benzene rings is 2. The van der Waals surface area contributed by atoms with Gasteiger partial charge >= 0.3 is 0 Å². The molecule has 4 heteroatoms. The fraction of sp³-hybridized carbons (Fsp3) is 0.435.